The Kier molecular flexibility index (Phi) is 3.54. The number of likely N-dealkylation sites (tertiary alicyclic amines) is 1. The molecule has 2 nitrogen and oxygen atoms in total. The lowest BCUT2D eigenvalue weighted by molar-refractivity contribution is 0.267. The van der Waals surface area contributed by atoms with Crippen LogP contribution in [0.1, 0.15) is 19.4 Å². The molecule has 94 valence electrons. The molecule has 0 amide bonds. The lowest BCUT2D eigenvalue weighted by Gasteiger charge is -2.24. The van der Waals surface area contributed by atoms with Crippen molar-refractivity contribution in [1.29, 1.82) is 5.26 Å². The van der Waals surface area contributed by atoms with Crippen molar-refractivity contribution >= 4 is 0 Å². The van der Waals surface area contributed by atoms with E-state index in [1.54, 1.807) is 0 Å². The number of nitriles is 1. The third-order valence-corrected chi connectivity index (χ3v) is 3.77. The van der Waals surface area contributed by atoms with Crippen LogP contribution in [0.5, 0.6) is 0 Å². The normalized spacial score (nSPS) is 20.9. The summed E-state index contributed by atoms with van der Waals surface area (Å²) in [5.74, 6) is 0.284. The molecule has 1 heterocycles. The van der Waals surface area contributed by atoms with Gasteiger partial charge in [0.25, 0.3) is 0 Å². The molecule has 2 heteroatoms. The fourth-order valence-corrected chi connectivity index (χ4v) is 2.63. The van der Waals surface area contributed by atoms with E-state index in [0.717, 1.165) is 19.6 Å². The molecule has 0 spiro atoms. The quantitative estimate of drug-likeness (QED) is 0.758. The second-order valence-corrected chi connectivity index (χ2v) is 5.70. The summed E-state index contributed by atoms with van der Waals surface area (Å²) < 4.78 is 0. The Labute approximate surface area is 110 Å². The summed E-state index contributed by atoms with van der Waals surface area (Å²) in [6.07, 6.45) is 0. The molecular weight excluding hydrogens is 220 g/mol. The standard InChI is InChI=1S/C16H20N2/c1-13-9-18(10-14-7-5-4-6-8-14)11-15(13)16(2,3)12-17/h4-8,15H,1,9-11H2,2-3H3. The summed E-state index contributed by atoms with van der Waals surface area (Å²) in [7, 11) is 0. The molecule has 0 radical (unpaired) electrons. The van der Waals surface area contributed by atoms with Gasteiger partial charge in [-0.3, -0.25) is 4.90 Å². The zero-order valence-corrected chi connectivity index (χ0v) is 11.2. The van der Waals surface area contributed by atoms with Crippen molar-refractivity contribution in [2.75, 3.05) is 13.1 Å². The SMILES string of the molecule is C=C1CN(Cc2ccccc2)CC1C(C)(C)C#N. The van der Waals surface area contributed by atoms with Gasteiger partial charge in [0.05, 0.1) is 11.5 Å². The van der Waals surface area contributed by atoms with Crippen molar-refractivity contribution in [3.8, 4) is 6.07 Å². The molecule has 1 aromatic rings. The van der Waals surface area contributed by atoms with Crippen LogP contribution in [0, 0.1) is 22.7 Å². The van der Waals surface area contributed by atoms with Gasteiger partial charge in [-0.15, -0.1) is 0 Å². The Balaban J connectivity index is 2.04. The third kappa shape index (κ3) is 2.63. The van der Waals surface area contributed by atoms with Crippen LogP contribution in [0.25, 0.3) is 0 Å². The van der Waals surface area contributed by atoms with Gasteiger partial charge in [0.2, 0.25) is 0 Å². The van der Waals surface area contributed by atoms with E-state index in [1.807, 2.05) is 19.9 Å². The largest absolute Gasteiger partial charge is 0.295 e. The Bertz CT molecular complexity index is 468. The second kappa shape index (κ2) is 4.96. The van der Waals surface area contributed by atoms with E-state index < -0.39 is 0 Å². The van der Waals surface area contributed by atoms with E-state index >= 15 is 0 Å². The van der Waals surface area contributed by atoms with Crippen molar-refractivity contribution in [2.45, 2.75) is 20.4 Å². The molecule has 2 rings (SSSR count). The van der Waals surface area contributed by atoms with Gasteiger partial charge in [-0.25, -0.2) is 0 Å². The van der Waals surface area contributed by atoms with Gasteiger partial charge < -0.3 is 0 Å². The van der Waals surface area contributed by atoms with Crippen LogP contribution in [-0.4, -0.2) is 18.0 Å². The number of rotatable bonds is 3. The topological polar surface area (TPSA) is 27.0 Å². The highest BCUT2D eigenvalue weighted by Gasteiger charge is 2.37. The van der Waals surface area contributed by atoms with Gasteiger partial charge in [-0.05, 0) is 19.4 Å². The Morgan fingerprint density at radius 3 is 2.67 bits per heavy atom. The summed E-state index contributed by atoms with van der Waals surface area (Å²) in [4.78, 5) is 2.38. The molecule has 0 N–H and O–H groups in total. The highest BCUT2D eigenvalue weighted by molar-refractivity contribution is 5.20. The van der Waals surface area contributed by atoms with Crippen LogP contribution >= 0.6 is 0 Å². The van der Waals surface area contributed by atoms with E-state index in [9.17, 15) is 5.26 Å². The first-order chi connectivity index (χ1) is 8.53. The van der Waals surface area contributed by atoms with E-state index in [1.165, 1.54) is 11.1 Å². The lowest BCUT2D eigenvalue weighted by Crippen LogP contribution is -2.27. The van der Waals surface area contributed by atoms with Crippen LogP contribution in [-0.2, 0) is 6.54 Å². The minimum absolute atomic E-state index is 0.284. The average Bonchev–Trinajstić information content (AvgIpc) is 2.72. The summed E-state index contributed by atoms with van der Waals surface area (Å²) in [6, 6.07) is 12.9. The van der Waals surface area contributed by atoms with Crippen molar-refractivity contribution in [2.24, 2.45) is 11.3 Å². The first-order valence-electron chi connectivity index (χ1n) is 6.38. The second-order valence-electron chi connectivity index (χ2n) is 5.70. The first-order valence-corrected chi connectivity index (χ1v) is 6.38. The smallest absolute Gasteiger partial charge is 0.0690 e. The predicted molar refractivity (Wildman–Crippen MR) is 73.7 cm³/mol. The fraction of sp³-hybridized carbons (Fsp3) is 0.438. The van der Waals surface area contributed by atoms with Crippen LogP contribution in [0.3, 0.4) is 0 Å². The summed E-state index contributed by atoms with van der Waals surface area (Å²) >= 11 is 0. The Hall–Kier alpha value is -1.59. The number of nitrogens with zero attached hydrogens (tertiary/aromatic N) is 2. The average molecular weight is 240 g/mol. The van der Waals surface area contributed by atoms with Crippen molar-refractivity contribution in [1.82, 2.24) is 4.90 Å². The molecule has 0 saturated carbocycles. The van der Waals surface area contributed by atoms with Crippen molar-refractivity contribution < 1.29 is 0 Å². The zero-order chi connectivity index (χ0) is 13.2. The van der Waals surface area contributed by atoms with Crippen LogP contribution in [0.2, 0.25) is 0 Å². The Morgan fingerprint density at radius 1 is 1.39 bits per heavy atom. The van der Waals surface area contributed by atoms with E-state index in [0.29, 0.717) is 0 Å². The Morgan fingerprint density at radius 2 is 2.06 bits per heavy atom. The minimum atomic E-state index is -0.317. The summed E-state index contributed by atoms with van der Waals surface area (Å²) in [5.41, 5.74) is 2.20. The van der Waals surface area contributed by atoms with Gasteiger partial charge >= 0.3 is 0 Å². The minimum Gasteiger partial charge on any atom is -0.295 e. The highest BCUT2D eigenvalue weighted by Crippen LogP contribution is 2.36. The fourth-order valence-electron chi connectivity index (χ4n) is 2.63. The van der Waals surface area contributed by atoms with Crippen molar-refractivity contribution in [3.05, 3.63) is 48.0 Å². The predicted octanol–water partition coefficient (Wildman–Crippen LogP) is 3.22. The third-order valence-electron chi connectivity index (χ3n) is 3.77. The van der Waals surface area contributed by atoms with Gasteiger partial charge in [0, 0.05) is 25.6 Å². The van der Waals surface area contributed by atoms with Gasteiger partial charge in [-0.1, -0.05) is 42.5 Å². The van der Waals surface area contributed by atoms with E-state index in [4.69, 9.17) is 0 Å². The molecule has 1 aliphatic rings. The molecule has 1 atom stereocenters. The maximum atomic E-state index is 9.24. The number of hydrogen-bond donors (Lipinski definition) is 0. The van der Waals surface area contributed by atoms with E-state index in [2.05, 4.69) is 41.8 Å². The first kappa shape index (κ1) is 12.9. The van der Waals surface area contributed by atoms with Crippen LogP contribution in [0.4, 0.5) is 0 Å². The summed E-state index contributed by atoms with van der Waals surface area (Å²) in [5, 5.41) is 9.24. The maximum Gasteiger partial charge on any atom is 0.0690 e. The molecule has 0 bridgehead atoms. The molecule has 18 heavy (non-hydrogen) atoms. The van der Waals surface area contributed by atoms with Gasteiger partial charge in [0.15, 0.2) is 0 Å². The molecule has 1 saturated heterocycles. The molecule has 1 unspecified atom stereocenters. The lowest BCUT2D eigenvalue weighted by atomic mass is 9.78. The monoisotopic (exact) mass is 240 g/mol. The molecule has 1 fully saturated rings. The molecule has 0 aliphatic carbocycles. The molecule has 0 aromatic heterocycles. The molecule has 1 aromatic carbocycles. The van der Waals surface area contributed by atoms with E-state index in [-0.39, 0.29) is 11.3 Å². The number of benzene rings is 1. The highest BCUT2D eigenvalue weighted by atomic mass is 15.1. The maximum absolute atomic E-state index is 9.24. The van der Waals surface area contributed by atoms with Crippen LogP contribution in [0.15, 0.2) is 42.5 Å². The van der Waals surface area contributed by atoms with Gasteiger partial charge in [0.1, 0.15) is 0 Å². The number of hydrogen-bond acceptors (Lipinski definition) is 2. The van der Waals surface area contributed by atoms with Crippen molar-refractivity contribution in [3.63, 3.8) is 0 Å². The molecular formula is C16H20N2. The van der Waals surface area contributed by atoms with Crippen LogP contribution < -0.4 is 0 Å². The summed E-state index contributed by atoms with van der Waals surface area (Å²) in [6.45, 7) is 11.0. The zero-order valence-electron chi connectivity index (χ0n) is 11.2. The van der Waals surface area contributed by atoms with Gasteiger partial charge in [-0.2, -0.15) is 5.26 Å². The molecule has 1 aliphatic heterocycles.